The number of hydrogen-bond acceptors (Lipinski definition) is 2. The molecule has 2 aromatic carbocycles. The molecule has 0 aliphatic heterocycles. The number of para-hydroxylation sites is 1. The van der Waals surface area contributed by atoms with E-state index in [-0.39, 0.29) is 5.91 Å². The number of carbonyl (C=O) groups is 1. The SMILES string of the molecule is O=C(Nc1ccccc1)C([N-]c1ccc(C(F)(F)F)cc1)c1cccs1. The van der Waals surface area contributed by atoms with Crippen molar-refractivity contribution >= 4 is 28.6 Å². The van der Waals surface area contributed by atoms with Crippen LogP contribution in [0.5, 0.6) is 0 Å². The molecule has 0 bridgehead atoms. The van der Waals surface area contributed by atoms with Crippen LogP contribution in [0.15, 0.2) is 72.1 Å². The largest absolute Gasteiger partial charge is 0.670 e. The predicted molar refractivity (Wildman–Crippen MR) is 96.6 cm³/mol. The third kappa shape index (κ3) is 4.43. The van der Waals surface area contributed by atoms with E-state index in [0.29, 0.717) is 16.3 Å². The van der Waals surface area contributed by atoms with Crippen LogP contribution in [-0.4, -0.2) is 5.91 Å². The molecule has 0 aliphatic rings. The molecule has 3 nitrogen and oxygen atoms in total. The van der Waals surface area contributed by atoms with Crippen LogP contribution in [0.25, 0.3) is 5.32 Å². The third-order valence-corrected chi connectivity index (χ3v) is 4.50. The highest BCUT2D eigenvalue weighted by molar-refractivity contribution is 7.10. The lowest BCUT2D eigenvalue weighted by atomic mass is 10.1. The van der Waals surface area contributed by atoms with E-state index in [2.05, 4.69) is 10.6 Å². The topological polar surface area (TPSA) is 43.2 Å². The maximum atomic E-state index is 12.7. The number of nitrogens with one attached hydrogen (secondary N) is 1. The van der Waals surface area contributed by atoms with Crippen LogP contribution in [0, 0.1) is 0 Å². The molecule has 7 heteroatoms. The summed E-state index contributed by atoms with van der Waals surface area (Å²) in [6.45, 7) is 0. The highest BCUT2D eigenvalue weighted by atomic mass is 32.1. The van der Waals surface area contributed by atoms with Crippen molar-refractivity contribution in [3.8, 4) is 0 Å². The van der Waals surface area contributed by atoms with Gasteiger partial charge in [0.1, 0.15) is 0 Å². The highest BCUT2D eigenvalue weighted by Crippen LogP contribution is 2.37. The minimum atomic E-state index is -4.41. The zero-order chi connectivity index (χ0) is 18.6. The van der Waals surface area contributed by atoms with E-state index in [9.17, 15) is 18.0 Å². The molecular weight excluding hydrogens is 361 g/mol. The quantitative estimate of drug-likeness (QED) is 0.571. The molecule has 3 rings (SSSR count). The van der Waals surface area contributed by atoms with Crippen LogP contribution in [0.4, 0.5) is 24.5 Å². The predicted octanol–water partition coefficient (Wildman–Crippen LogP) is 6.15. The van der Waals surface area contributed by atoms with Crippen molar-refractivity contribution in [2.75, 3.05) is 5.32 Å². The van der Waals surface area contributed by atoms with Gasteiger partial charge in [0.25, 0.3) is 0 Å². The van der Waals surface area contributed by atoms with Gasteiger partial charge in [0.15, 0.2) is 0 Å². The maximum absolute atomic E-state index is 12.7. The van der Waals surface area contributed by atoms with Crippen molar-refractivity contribution in [1.82, 2.24) is 0 Å². The zero-order valence-electron chi connectivity index (χ0n) is 13.4. The summed E-state index contributed by atoms with van der Waals surface area (Å²) in [6, 6.07) is 16.1. The Hall–Kier alpha value is -2.80. The molecule has 0 saturated carbocycles. The van der Waals surface area contributed by atoms with Gasteiger partial charge in [-0.25, -0.2) is 0 Å². The minimum absolute atomic E-state index is 0.305. The molecule has 26 heavy (non-hydrogen) atoms. The Balaban J connectivity index is 1.80. The molecule has 1 unspecified atom stereocenters. The number of anilines is 1. The Kier molecular flexibility index (Phi) is 5.27. The van der Waals surface area contributed by atoms with E-state index < -0.39 is 17.8 Å². The Labute approximate surface area is 152 Å². The Morgan fingerprint density at radius 3 is 2.23 bits per heavy atom. The lowest BCUT2D eigenvalue weighted by Crippen LogP contribution is -2.19. The zero-order valence-corrected chi connectivity index (χ0v) is 14.2. The van der Waals surface area contributed by atoms with Crippen LogP contribution in [0.2, 0.25) is 0 Å². The van der Waals surface area contributed by atoms with Gasteiger partial charge in [-0.05, 0) is 34.5 Å². The van der Waals surface area contributed by atoms with Gasteiger partial charge in [0.2, 0.25) is 5.91 Å². The van der Waals surface area contributed by atoms with Gasteiger partial charge in [-0.2, -0.15) is 13.2 Å². The fourth-order valence-electron chi connectivity index (χ4n) is 2.32. The van der Waals surface area contributed by atoms with Gasteiger partial charge in [0, 0.05) is 5.69 Å². The lowest BCUT2D eigenvalue weighted by Gasteiger charge is -2.31. The van der Waals surface area contributed by atoms with Gasteiger partial charge >= 0.3 is 6.18 Å². The average molecular weight is 375 g/mol. The molecule has 1 N–H and O–H groups in total. The average Bonchev–Trinajstić information content (AvgIpc) is 3.14. The van der Waals surface area contributed by atoms with Crippen molar-refractivity contribution in [3.05, 3.63) is 87.9 Å². The standard InChI is InChI=1S/C19H14F3N2OS/c20-19(21,22)13-8-10-15(11-9-13)23-17(16-7-4-12-26-16)18(25)24-14-5-2-1-3-6-14/h1-12,17H,(H,24,25)/q-1. The molecule has 0 saturated heterocycles. The van der Waals surface area contributed by atoms with E-state index in [4.69, 9.17) is 0 Å². The summed E-state index contributed by atoms with van der Waals surface area (Å²) in [4.78, 5) is 13.4. The summed E-state index contributed by atoms with van der Waals surface area (Å²) in [7, 11) is 0. The number of benzene rings is 2. The second-order valence-electron chi connectivity index (χ2n) is 5.45. The van der Waals surface area contributed by atoms with Crippen molar-refractivity contribution in [2.45, 2.75) is 12.2 Å². The van der Waals surface area contributed by atoms with E-state index in [1.54, 1.807) is 36.4 Å². The summed E-state index contributed by atoms with van der Waals surface area (Å²) in [6.07, 6.45) is -4.41. The summed E-state index contributed by atoms with van der Waals surface area (Å²) < 4.78 is 38.0. The number of rotatable bonds is 5. The normalized spacial score (nSPS) is 12.4. The number of nitrogens with zero attached hydrogens (tertiary/aromatic N) is 1. The van der Waals surface area contributed by atoms with Crippen molar-refractivity contribution in [3.63, 3.8) is 0 Å². The molecular formula is C19H14F3N2OS-. The van der Waals surface area contributed by atoms with Crippen molar-refractivity contribution < 1.29 is 18.0 Å². The van der Waals surface area contributed by atoms with E-state index in [0.717, 1.165) is 12.1 Å². The van der Waals surface area contributed by atoms with Crippen molar-refractivity contribution in [1.29, 1.82) is 0 Å². The molecule has 0 spiro atoms. The molecule has 1 aromatic heterocycles. The molecule has 0 aliphatic carbocycles. The smallest absolute Gasteiger partial charge is 0.416 e. The fraction of sp³-hybridized carbons (Fsp3) is 0.105. The van der Waals surface area contributed by atoms with Gasteiger partial charge in [0.05, 0.1) is 5.56 Å². The van der Waals surface area contributed by atoms with Crippen molar-refractivity contribution in [2.24, 2.45) is 0 Å². The molecule has 3 aromatic rings. The van der Waals surface area contributed by atoms with E-state index in [1.165, 1.54) is 23.5 Å². The molecule has 1 amide bonds. The maximum Gasteiger partial charge on any atom is 0.416 e. The van der Waals surface area contributed by atoms with Gasteiger partial charge in [-0.15, -0.1) is 17.0 Å². The van der Waals surface area contributed by atoms with Gasteiger partial charge in [-0.1, -0.05) is 48.5 Å². The number of amides is 1. The Morgan fingerprint density at radius 1 is 0.962 bits per heavy atom. The van der Waals surface area contributed by atoms with Crippen LogP contribution in [-0.2, 0) is 11.0 Å². The minimum Gasteiger partial charge on any atom is -0.670 e. The summed E-state index contributed by atoms with van der Waals surface area (Å²) in [5, 5.41) is 8.95. The summed E-state index contributed by atoms with van der Waals surface area (Å²) >= 11 is 1.36. The number of thiophene rings is 1. The van der Waals surface area contributed by atoms with Crippen LogP contribution >= 0.6 is 11.3 Å². The van der Waals surface area contributed by atoms with Gasteiger partial charge in [-0.3, -0.25) is 4.79 Å². The number of carbonyl (C=O) groups excluding carboxylic acids is 1. The first-order valence-corrected chi connectivity index (χ1v) is 8.59. The van der Waals surface area contributed by atoms with E-state index in [1.807, 2.05) is 11.4 Å². The second-order valence-corrected chi connectivity index (χ2v) is 6.43. The highest BCUT2D eigenvalue weighted by Gasteiger charge is 2.29. The summed E-state index contributed by atoms with van der Waals surface area (Å²) in [5.41, 5.74) is 0.180. The second kappa shape index (κ2) is 7.61. The number of hydrogen-bond donors (Lipinski definition) is 1. The molecule has 1 heterocycles. The fourth-order valence-corrected chi connectivity index (χ4v) is 3.08. The van der Waals surface area contributed by atoms with Crippen LogP contribution in [0.1, 0.15) is 16.5 Å². The summed E-state index contributed by atoms with van der Waals surface area (Å²) in [5.74, 6) is -0.349. The Morgan fingerprint density at radius 2 is 1.65 bits per heavy atom. The van der Waals surface area contributed by atoms with Crippen LogP contribution < -0.4 is 5.32 Å². The molecule has 1 atom stereocenters. The monoisotopic (exact) mass is 375 g/mol. The van der Waals surface area contributed by atoms with E-state index >= 15 is 0 Å². The molecule has 134 valence electrons. The lowest BCUT2D eigenvalue weighted by molar-refractivity contribution is -0.137. The van der Waals surface area contributed by atoms with Crippen LogP contribution in [0.3, 0.4) is 0 Å². The first-order valence-electron chi connectivity index (χ1n) is 7.71. The molecule has 0 fully saturated rings. The first-order chi connectivity index (χ1) is 12.4. The Bertz CT molecular complexity index is 847. The number of halogens is 3. The number of alkyl halides is 3. The first kappa shape index (κ1) is 18.0. The molecule has 0 radical (unpaired) electrons. The van der Waals surface area contributed by atoms with Gasteiger partial charge < -0.3 is 10.6 Å². The third-order valence-electron chi connectivity index (χ3n) is 3.58.